The molecule has 3 heterocycles. The van der Waals surface area contributed by atoms with E-state index in [9.17, 15) is 0 Å². The molecule has 0 radical (unpaired) electrons. The minimum absolute atomic E-state index is 0.540. The van der Waals surface area contributed by atoms with E-state index in [1.807, 2.05) is 13.8 Å². The second-order valence-corrected chi connectivity index (χ2v) is 4.95. The van der Waals surface area contributed by atoms with Gasteiger partial charge < -0.3 is 19.3 Å². The Hall–Kier alpha value is -1.73. The molecule has 1 fully saturated rings. The van der Waals surface area contributed by atoms with Crippen LogP contribution >= 0.6 is 0 Å². The van der Waals surface area contributed by atoms with Crippen LogP contribution in [0.2, 0.25) is 0 Å². The Morgan fingerprint density at radius 3 is 2.95 bits per heavy atom. The summed E-state index contributed by atoms with van der Waals surface area (Å²) in [7, 11) is -2.50. The molecule has 1 saturated heterocycles. The van der Waals surface area contributed by atoms with Gasteiger partial charge in [0, 0.05) is 26.7 Å². The van der Waals surface area contributed by atoms with Crippen molar-refractivity contribution in [3.05, 3.63) is 5.69 Å². The quantitative estimate of drug-likeness (QED) is 0.833. The number of ether oxygens (including phenoxy) is 2. The number of nitrogens with zero attached hydrogens (tertiary/aromatic N) is 5. The molecule has 2 aliphatic rings. The first kappa shape index (κ1) is 10.9. The van der Waals surface area contributed by atoms with Crippen molar-refractivity contribution in [1.29, 1.82) is 0 Å². The van der Waals surface area contributed by atoms with Gasteiger partial charge in [-0.15, -0.1) is 0 Å². The molecule has 0 amide bonds. The van der Waals surface area contributed by atoms with Gasteiger partial charge in [-0.1, -0.05) is 0 Å². The number of aliphatic imine (C=N–C) groups is 1. The van der Waals surface area contributed by atoms with Crippen LogP contribution in [0, 0.1) is 6.92 Å². The third-order valence-electron chi connectivity index (χ3n) is 3.69. The average Bonchev–Trinajstić information content (AvgIpc) is 2.54. The highest BCUT2D eigenvalue weighted by Gasteiger charge is 2.27. The number of anilines is 2. The summed E-state index contributed by atoms with van der Waals surface area (Å²) >= 11 is 0. The average molecular weight is 294 g/mol. The largest absolute Gasteiger partial charge is 0.378 e. The first-order valence-corrected chi connectivity index (χ1v) is 7.09. The number of hydrogen-bond donors (Lipinski definition) is 0. The van der Waals surface area contributed by atoms with Crippen LogP contribution in [0.25, 0.3) is 0 Å². The zero-order chi connectivity index (χ0) is 17.3. The van der Waals surface area contributed by atoms with Crippen molar-refractivity contribution < 1.29 is 13.6 Å². The summed E-state index contributed by atoms with van der Waals surface area (Å²) in [6.45, 7) is 7.06. The van der Waals surface area contributed by atoms with Gasteiger partial charge in [-0.2, -0.15) is 4.98 Å². The lowest BCUT2D eigenvalue weighted by Crippen LogP contribution is -2.41. The molecule has 7 nitrogen and oxygen atoms in total. The third kappa shape index (κ3) is 2.58. The SMILES string of the molecule is [2H]C([2H])([2H])OC1C=Nc2c(C)nc(N3CCOCC3)nc2N1CC. The Morgan fingerprint density at radius 2 is 2.24 bits per heavy atom. The van der Waals surface area contributed by atoms with Gasteiger partial charge in [0.1, 0.15) is 5.69 Å². The van der Waals surface area contributed by atoms with Gasteiger partial charge in [-0.05, 0) is 13.8 Å². The van der Waals surface area contributed by atoms with Crippen LogP contribution in [0.4, 0.5) is 17.5 Å². The van der Waals surface area contributed by atoms with Gasteiger partial charge in [0.2, 0.25) is 5.95 Å². The molecule has 0 bridgehead atoms. The van der Waals surface area contributed by atoms with Gasteiger partial charge in [-0.25, -0.2) is 4.98 Å². The maximum Gasteiger partial charge on any atom is 0.227 e. The fourth-order valence-electron chi connectivity index (χ4n) is 2.56. The molecule has 1 unspecified atom stereocenters. The molecule has 2 aliphatic heterocycles. The van der Waals surface area contributed by atoms with Crippen LogP contribution in [-0.4, -0.2) is 62.3 Å². The molecular weight excluding hydrogens is 270 g/mol. The number of fused-ring (bicyclic) bond motifs is 1. The third-order valence-corrected chi connectivity index (χ3v) is 3.69. The van der Waals surface area contributed by atoms with E-state index in [0.29, 0.717) is 37.2 Å². The molecule has 0 saturated carbocycles. The Kier molecular flexibility index (Phi) is 3.09. The van der Waals surface area contributed by atoms with Gasteiger partial charge >= 0.3 is 0 Å². The van der Waals surface area contributed by atoms with Crippen LogP contribution in [0.5, 0.6) is 0 Å². The Balaban J connectivity index is 1.95. The van der Waals surface area contributed by atoms with Crippen molar-refractivity contribution in [3.8, 4) is 0 Å². The van der Waals surface area contributed by atoms with Crippen molar-refractivity contribution in [2.75, 3.05) is 49.7 Å². The number of aromatic nitrogens is 2. The molecule has 114 valence electrons. The van der Waals surface area contributed by atoms with Gasteiger partial charge in [-0.3, -0.25) is 4.99 Å². The molecular formula is C14H21N5O2. The highest BCUT2D eigenvalue weighted by atomic mass is 16.5. The van der Waals surface area contributed by atoms with E-state index in [4.69, 9.17) is 13.6 Å². The van der Waals surface area contributed by atoms with Crippen molar-refractivity contribution >= 4 is 23.7 Å². The minimum atomic E-state index is -2.50. The lowest BCUT2D eigenvalue weighted by molar-refractivity contribution is 0.122. The minimum Gasteiger partial charge on any atom is -0.378 e. The van der Waals surface area contributed by atoms with E-state index in [1.54, 1.807) is 4.90 Å². The number of hydrogen-bond acceptors (Lipinski definition) is 7. The van der Waals surface area contributed by atoms with E-state index in [-0.39, 0.29) is 0 Å². The Morgan fingerprint density at radius 1 is 1.43 bits per heavy atom. The van der Waals surface area contributed by atoms with E-state index in [0.717, 1.165) is 18.8 Å². The lowest BCUT2D eigenvalue weighted by atomic mass is 10.2. The van der Waals surface area contributed by atoms with Crippen molar-refractivity contribution in [1.82, 2.24) is 9.97 Å². The molecule has 0 N–H and O–H groups in total. The van der Waals surface area contributed by atoms with Gasteiger partial charge in [0.15, 0.2) is 12.0 Å². The van der Waals surface area contributed by atoms with E-state index >= 15 is 0 Å². The molecule has 0 aromatic carbocycles. The fourth-order valence-corrected chi connectivity index (χ4v) is 2.56. The predicted octanol–water partition coefficient (Wildman–Crippen LogP) is 1.14. The molecule has 21 heavy (non-hydrogen) atoms. The van der Waals surface area contributed by atoms with Crippen LogP contribution in [0.15, 0.2) is 4.99 Å². The van der Waals surface area contributed by atoms with Crippen LogP contribution in [0.3, 0.4) is 0 Å². The number of morpholine rings is 1. The molecule has 3 rings (SSSR count). The lowest BCUT2D eigenvalue weighted by Gasteiger charge is -2.34. The van der Waals surface area contributed by atoms with E-state index < -0.39 is 13.3 Å². The molecule has 7 heteroatoms. The zero-order valence-electron chi connectivity index (χ0n) is 15.2. The Labute approximate surface area is 128 Å². The van der Waals surface area contributed by atoms with Crippen LogP contribution in [0.1, 0.15) is 16.7 Å². The number of rotatable bonds is 3. The van der Waals surface area contributed by atoms with Crippen molar-refractivity contribution in [2.45, 2.75) is 20.1 Å². The molecule has 1 aromatic rings. The second-order valence-electron chi connectivity index (χ2n) is 4.95. The topological polar surface area (TPSA) is 63.1 Å². The standard InChI is InChI=1S/C14H21N5O2/c1-4-19-11(20-3)9-15-12-10(2)16-14(17-13(12)19)18-5-7-21-8-6-18/h9,11H,4-8H2,1-3H3/i3D3. The highest BCUT2D eigenvalue weighted by molar-refractivity contribution is 5.82. The first-order chi connectivity index (χ1) is 11.4. The molecule has 0 aliphatic carbocycles. The van der Waals surface area contributed by atoms with Crippen molar-refractivity contribution in [2.24, 2.45) is 4.99 Å². The fraction of sp³-hybridized carbons (Fsp3) is 0.643. The summed E-state index contributed by atoms with van der Waals surface area (Å²) in [4.78, 5) is 17.4. The summed E-state index contributed by atoms with van der Waals surface area (Å²) in [5.74, 6) is 1.21. The summed E-state index contributed by atoms with van der Waals surface area (Å²) in [6.07, 6.45) is 0.713. The zero-order valence-corrected chi connectivity index (χ0v) is 12.2. The number of aryl methyl sites for hydroxylation is 1. The molecule has 1 atom stereocenters. The summed E-state index contributed by atoms with van der Waals surface area (Å²) in [5, 5.41) is 0. The highest BCUT2D eigenvalue weighted by Crippen LogP contribution is 2.35. The van der Waals surface area contributed by atoms with Crippen molar-refractivity contribution in [3.63, 3.8) is 0 Å². The van der Waals surface area contributed by atoms with E-state index in [1.165, 1.54) is 6.21 Å². The maximum atomic E-state index is 7.33. The van der Waals surface area contributed by atoms with Gasteiger partial charge in [0.25, 0.3) is 0 Å². The summed E-state index contributed by atoms with van der Waals surface area (Å²) in [6, 6.07) is 0. The van der Waals surface area contributed by atoms with Crippen LogP contribution < -0.4 is 9.80 Å². The smallest absolute Gasteiger partial charge is 0.227 e. The molecule has 1 aromatic heterocycles. The normalized spacial score (nSPS) is 24.3. The monoisotopic (exact) mass is 294 g/mol. The maximum absolute atomic E-state index is 7.33. The molecule has 0 spiro atoms. The van der Waals surface area contributed by atoms with E-state index in [2.05, 4.69) is 19.9 Å². The Bertz CT molecular complexity index is 632. The number of methoxy groups -OCH3 is 1. The predicted molar refractivity (Wildman–Crippen MR) is 81.8 cm³/mol. The first-order valence-electron chi connectivity index (χ1n) is 8.59. The summed E-state index contributed by atoms with van der Waals surface area (Å²) < 4.78 is 32.5. The van der Waals surface area contributed by atoms with Gasteiger partial charge in [0.05, 0.1) is 29.2 Å². The second kappa shape index (κ2) is 5.95. The van der Waals surface area contributed by atoms with Crippen LogP contribution in [-0.2, 0) is 9.47 Å². The summed E-state index contributed by atoms with van der Waals surface area (Å²) in [5.41, 5.74) is 1.41.